The van der Waals surface area contributed by atoms with Crippen molar-refractivity contribution in [2.75, 3.05) is 18.6 Å². The summed E-state index contributed by atoms with van der Waals surface area (Å²) >= 11 is 0. The minimum absolute atomic E-state index is 0.0609. The van der Waals surface area contributed by atoms with E-state index in [1.54, 1.807) is 18.1 Å². The average Bonchev–Trinajstić information content (AvgIpc) is 3.15. The number of nitrogens with zero attached hydrogens (tertiary/aromatic N) is 4. The molecule has 3 heterocycles. The summed E-state index contributed by atoms with van der Waals surface area (Å²) in [6.07, 6.45) is -0.191. The molecule has 1 saturated heterocycles. The van der Waals surface area contributed by atoms with Gasteiger partial charge in [0.2, 0.25) is 0 Å². The third kappa shape index (κ3) is 3.05. The molecule has 0 saturated carbocycles. The molecule has 0 spiro atoms. The van der Waals surface area contributed by atoms with Crippen molar-refractivity contribution >= 4 is 5.69 Å². The lowest BCUT2D eigenvalue weighted by Crippen LogP contribution is -2.43. The number of alkyl halides is 3. The Hall–Kier alpha value is -2.03. The van der Waals surface area contributed by atoms with Gasteiger partial charge in [-0.05, 0) is 19.8 Å². The maximum Gasteiger partial charge on any atom is 0.437 e. The zero-order valence-corrected chi connectivity index (χ0v) is 12.8. The highest BCUT2D eigenvalue weighted by Gasteiger charge is 2.40. The van der Waals surface area contributed by atoms with Crippen LogP contribution in [0.5, 0.6) is 0 Å². The van der Waals surface area contributed by atoms with Gasteiger partial charge in [0.1, 0.15) is 5.82 Å². The molecule has 0 amide bonds. The second-order valence-electron chi connectivity index (χ2n) is 5.67. The Kier molecular flexibility index (Phi) is 4.05. The highest BCUT2D eigenvalue weighted by molar-refractivity contribution is 5.53. The molecule has 0 unspecified atom stereocenters. The summed E-state index contributed by atoms with van der Waals surface area (Å²) in [6.45, 7) is 2.40. The van der Waals surface area contributed by atoms with Crippen molar-refractivity contribution in [3.63, 3.8) is 0 Å². The van der Waals surface area contributed by atoms with Gasteiger partial charge >= 0.3 is 6.18 Å². The number of hydrogen-bond acceptors (Lipinski definition) is 4. The lowest BCUT2D eigenvalue weighted by Gasteiger charge is -2.38. The van der Waals surface area contributed by atoms with E-state index in [1.807, 2.05) is 6.92 Å². The first kappa shape index (κ1) is 15.9. The number of aromatic nitrogens is 4. The average molecular weight is 329 g/mol. The summed E-state index contributed by atoms with van der Waals surface area (Å²) in [5, 5.41) is 10.1. The van der Waals surface area contributed by atoms with Crippen LogP contribution in [0.4, 0.5) is 18.9 Å². The normalized spacial score (nSPS) is 22.6. The van der Waals surface area contributed by atoms with Gasteiger partial charge in [-0.15, -0.1) is 0 Å². The van der Waals surface area contributed by atoms with Crippen LogP contribution in [0.3, 0.4) is 0 Å². The van der Waals surface area contributed by atoms with E-state index in [2.05, 4.69) is 15.3 Å². The van der Waals surface area contributed by atoms with Gasteiger partial charge in [0.05, 0.1) is 24.2 Å². The number of H-pyrrole nitrogens is 1. The van der Waals surface area contributed by atoms with Gasteiger partial charge in [-0.2, -0.15) is 23.4 Å². The topological polar surface area (TPSA) is 59.0 Å². The first-order valence-electron chi connectivity index (χ1n) is 7.36. The van der Waals surface area contributed by atoms with Crippen LogP contribution in [-0.4, -0.2) is 45.8 Å². The fraction of sp³-hybridized carbons (Fsp3) is 0.571. The second kappa shape index (κ2) is 5.88. The van der Waals surface area contributed by atoms with E-state index in [1.165, 1.54) is 17.1 Å². The van der Waals surface area contributed by atoms with E-state index in [4.69, 9.17) is 4.74 Å². The molecule has 0 aliphatic carbocycles. The number of hydrogen-bond donors (Lipinski definition) is 1. The zero-order valence-electron chi connectivity index (χ0n) is 12.8. The van der Waals surface area contributed by atoms with Gasteiger partial charge in [-0.25, -0.2) is 4.68 Å². The van der Waals surface area contributed by atoms with Crippen molar-refractivity contribution in [3.8, 4) is 5.82 Å². The van der Waals surface area contributed by atoms with E-state index in [0.29, 0.717) is 25.2 Å². The number of halogens is 3. The molecule has 1 fully saturated rings. The van der Waals surface area contributed by atoms with Gasteiger partial charge in [0.25, 0.3) is 0 Å². The summed E-state index contributed by atoms with van der Waals surface area (Å²) < 4.78 is 46.6. The standard InChI is InChI=1S/C14H18F3N5O/c1-9-7-10(23-2)4-6-21(9)11-8-22(12-3-5-18-19-12)20-13(11)14(15,16)17/h3,5,8-10H,4,6-7H2,1-2H3,(H,18,19)/t9-,10-/m1/s1. The molecule has 1 aliphatic rings. The van der Waals surface area contributed by atoms with Crippen LogP contribution in [0, 0.1) is 0 Å². The highest BCUT2D eigenvalue weighted by atomic mass is 19.4. The molecule has 3 rings (SSSR count). The molecule has 6 nitrogen and oxygen atoms in total. The zero-order chi connectivity index (χ0) is 16.6. The Labute approximate surface area is 131 Å². The molecular weight excluding hydrogens is 311 g/mol. The van der Waals surface area contributed by atoms with Crippen LogP contribution in [-0.2, 0) is 10.9 Å². The lowest BCUT2D eigenvalue weighted by atomic mass is 10.00. The number of nitrogens with one attached hydrogen (secondary N) is 1. The van der Waals surface area contributed by atoms with Gasteiger partial charge in [0.15, 0.2) is 5.69 Å². The number of rotatable bonds is 3. The molecule has 2 atom stereocenters. The number of anilines is 1. The number of ether oxygens (including phenoxy) is 1. The van der Waals surface area contributed by atoms with Crippen molar-refractivity contribution in [1.29, 1.82) is 0 Å². The molecule has 9 heteroatoms. The van der Waals surface area contributed by atoms with Crippen molar-refractivity contribution in [2.24, 2.45) is 0 Å². The quantitative estimate of drug-likeness (QED) is 0.940. The van der Waals surface area contributed by atoms with Crippen LogP contribution in [0.2, 0.25) is 0 Å². The number of piperidine rings is 1. The van der Waals surface area contributed by atoms with Gasteiger partial charge < -0.3 is 9.64 Å². The van der Waals surface area contributed by atoms with Crippen molar-refractivity contribution in [2.45, 2.75) is 38.1 Å². The van der Waals surface area contributed by atoms with E-state index in [0.717, 1.165) is 0 Å². The Morgan fingerprint density at radius 1 is 1.39 bits per heavy atom. The molecular formula is C14H18F3N5O. The van der Waals surface area contributed by atoms with Crippen molar-refractivity contribution in [1.82, 2.24) is 20.0 Å². The SMILES string of the molecule is CO[C@@H]1CCN(c2cn(-c3ccn[nH]3)nc2C(F)(F)F)[C@H](C)C1. The van der Waals surface area contributed by atoms with E-state index >= 15 is 0 Å². The van der Waals surface area contributed by atoms with Crippen LogP contribution in [0.15, 0.2) is 18.5 Å². The largest absolute Gasteiger partial charge is 0.437 e. The maximum atomic E-state index is 13.4. The molecule has 1 N–H and O–H groups in total. The molecule has 126 valence electrons. The fourth-order valence-corrected chi connectivity index (χ4v) is 2.98. The minimum Gasteiger partial charge on any atom is -0.381 e. The number of aromatic amines is 1. The molecule has 2 aromatic heterocycles. The first-order chi connectivity index (χ1) is 10.9. The van der Waals surface area contributed by atoms with E-state index in [9.17, 15) is 13.2 Å². The third-order valence-electron chi connectivity index (χ3n) is 4.17. The third-order valence-corrected chi connectivity index (χ3v) is 4.17. The fourth-order valence-electron chi connectivity index (χ4n) is 2.98. The Bertz CT molecular complexity index is 652. The monoisotopic (exact) mass is 329 g/mol. The summed E-state index contributed by atoms with van der Waals surface area (Å²) in [6, 6.07) is 1.51. The van der Waals surface area contributed by atoms with Crippen molar-refractivity contribution < 1.29 is 17.9 Å². The van der Waals surface area contributed by atoms with Crippen LogP contribution in [0.1, 0.15) is 25.5 Å². The molecule has 2 aromatic rings. The smallest absolute Gasteiger partial charge is 0.381 e. The van der Waals surface area contributed by atoms with Crippen LogP contribution in [0.25, 0.3) is 5.82 Å². The predicted molar refractivity (Wildman–Crippen MR) is 77.6 cm³/mol. The molecule has 0 radical (unpaired) electrons. The van der Waals surface area contributed by atoms with Gasteiger partial charge in [-0.1, -0.05) is 0 Å². The van der Waals surface area contributed by atoms with Crippen molar-refractivity contribution in [3.05, 3.63) is 24.2 Å². The Morgan fingerprint density at radius 3 is 2.74 bits per heavy atom. The Balaban J connectivity index is 1.97. The molecule has 0 aromatic carbocycles. The molecule has 1 aliphatic heterocycles. The van der Waals surface area contributed by atoms with Crippen LogP contribution < -0.4 is 4.90 Å². The maximum absolute atomic E-state index is 13.4. The minimum atomic E-state index is -4.52. The summed E-state index contributed by atoms with van der Waals surface area (Å²) in [4.78, 5) is 1.75. The van der Waals surface area contributed by atoms with E-state index < -0.39 is 11.9 Å². The summed E-state index contributed by atoms with van der Waals surface area (Å²) in [5.74, 6) is 0.390. The lowest BCUT2D eigenvalue weighted by molar-refractivity contribution is -0.140. The first-order valence-corrected chi connectivity index (χ1v) is 7.36. The van der Waals surface area contributed by atoms with E-state index in [-0.39, 0.29) is 17.8 Å². The molecule has 0 bridgehead atoms. The second-order valence-corrected chi connectivity index (χ2v) is 5.67. The van der Waals surface area contributed by atoms with Crippen LogP contribution >= 0.6 is 0 Å². The van der Waals surface area contributed by atoms with Gasteiger partial charge in [-0.3, -0.25) is 5.10 Å². The van der Waals surface area contributed by atoms with Gasteiger partial charge in [0, 0.05) is 25.8 Å². The summed E-state index contributed by atoms with van der Waals surface area (Å²) in [5.41, 5.74) is -0.788. The number of methoxy groups -OCH3 is 1. The molecule has 23 heavy (non-hydrogen) atoms. The highest BCUT2D eigenvalue weighted by Crippen LogP contribution is 2.38. The Morgan fingerprint density at radius 2 is 2.17 bits per heavy atom. The summed E-state index contributed by atoms with van der Waals surface area (Å²) in [7, 11) is 1.63. The predicted octanol–water partition coefficient (Wildman–Crippen LogP) is 2.62.